The summed E-state index contributed by atoms with van der Waals surface area (Å²) in [7, 11) is 4.59. The smallest absolute Gasteiger partial charge is 0.257 e. The van der Waals surface area contributed by atoms with E-state index in [2.05, 4.69) is 10.3 Å². The summed E-state index contributed by atoms with van der Waals surface area (Å²) in [4.78, 5) is 14.6. The first-order valence-corrected chi connectivity index (χ1v) is 8.66. The maximum Gasteiger partial charge on any atom is 0.257 e. The summed E-state index contributed by atoms with van der Waals surface area (Å²) in [5.41, 5.74) is 1.53. The van der Waals surface area contributed by atoms with Gasteiger partial charge in [-0.2, -0.15) is 0 Å². The minimum atomic E-state index is -0.0958. The van der Waals surface area contributed by atoms with Gasteiger partial charge in [-0.1, -0.05) is 5.21 Å². The standard InChI is InChI=1S/C18H22N4O4/c1-24-15-7-6-13(16(25-2)17(15)26-3)18(23)21-8-12(9-21)22-10-14(19-20-22)11-4-5-11/h6-7,10-12H,4-5,8-9H2,1-3H3. The normalized spacial score (nSPS) is 17.0. The Morgan fingerprint density at radius 2 is 1.81 bits per heavy atom. The highest BCUT2D eigenvalue weighted by Gasteiger charge is 2.36. The van der Waals surface area contributed by atoms with Gasteiger partial charge in [0.25, 0.3) is 5.91 Å². The molecule has 1 saturated heterocycles. The van der Waals surface area contributed by atoms with Crippen molar-refractivity contribution in [3.05, 3.63) is 29.6 Å². The molecule has 0 spiro atoms. The zero-order chi connectivity index (χ0) is 18.3. The number of likely N-dealkylation sites (tertiary alicyclic amines) is 1. The molecule has 26 heavy (non-hydrogen) atoms. The Kier molecular flexibility index (Phi) is 4.18. The number of carbonyl (C=O) groups excluding carboxylic acids is 1. The first kappa shape index (κ1) is 16.7. The van der Waals surface area contributed by atoms with Crippen molar-refractivity contribution in [1.29, 1.82) is 0 Å². The molecule has 2 heterocycles. The van der Waals surface area contributed by atoms with Gasteiger partial charge in [0.15, 0.2) is 11.5 Å². The summed E-state index contributed by atoms with van der Waals surface area (Å²) < 4.78 is 17.9. The lowest BCUT2D eigenvalue weighted by Crippen LogP contribution is -2.51. The van der Waals surface area contributed by atoms with Gasteiger partial charge < -0.3 is 19.1 Å². The Balaban J connectivity index is 1.48. The Hall–Kier alpha value is -2.77. The Bertz CT molecular complexity index is 825. The summed E-state index contributed by atoms with van der Waals surface area (Å²) >= 11 is 0. The summed E-state index contributed by atoms with van der Waals surface area (Å²) in [6, 6.07) is 3.59. The fourth-order valence-corrected chi connectivity index (χ4v) is 3.26. The van der Waals surface area contributed by atoms with Crippen LogP contribution in [-0.4, -0.2) is 60.2 Å². The van der Waals surface area contributed by atoms with E-state index >= 15 is 0 Å². The van der Waals surface area contributed by atoms with Gasteiger partial charge >= 0.3 is 0 Å². The lowest BCUT2D eigenvalue weighted by Gasteiger charge is -2.39. The van der Waals surface area contributed by atoms with Gasteiger partial charge in [-0.05, 0) is 25.0 Å². The molecule has 0 unspecified atom stereocenters. The van der Waals surface area contributed by atoms with Crippen molar-refractivity contribution in [2.75, 3.05) is 34.4 Å². The van der Waals surface area contributed by atoms with E-state index in [9.17, 15) is 4.79 Å². The molecule has 2 fully saturated rings. The van der Waals surface area contributed by atoms with E-state index in [0.29, 0.717) is 41.8 Å². The average molecular weight is 358 g/mol. The molecular formula is C18H22N4O4. The lowest BCUT2D eigenvalue weighted by atomic mass is 10.1. The number of hydrogen-bond acceptors (Lipinski definition) is 6. The number of rotatable bonds is 6. The number of aromatic nitrogens is 3. The molecule has 1 saturated carbocycles. The average Bonchev–Trinajstić information content (AvgIpc) is 3.37. The number of carbonyl (C=O) groups is 1. The number of amides is 1. The zero-order valence-electron chi connectivity index (χ0n) is 15.1. The van der Waals surface area contributed by atoms with Crippen molar-refractivity contribution >= 4 is 5.91 Å². The number of hydrogen-bond donors (Lipinski definition) is 0. The van der Waals surface area contributed by atoms with Gasteiger partial charge in [0.05, 0.1) is 38.6 Å². The van der Waals surface area contributed by atoms with Crippen LogP contribution in [0.4, 0.5) is 0 Å². The molecule has 1 amide bonds. The van der Waals surface area contributed by atoms with Crippen molar-refractivity contribution in [3.63, 3.8) is 0 Å². The predicted octanol–water partition coefficient (Wildman–Crippen LogP) is 1.88. The van der Waals surface area contributed by atoms with E-state index < -0.39 is 0 Å². The molecule has 138 valence electrons. The second-order valence-electron chi connectivity index (χ2n) is 6.64. The fourth-order valence-electron chi connectivity index (χ4n) is 3.26. The second-order valence-corrected chi connectivity index (χ2v) is 6.64. The third-order valence-electron chi connectivity index (χ3n) is 4.98. The molecule has 1 aromatic heterocycles. The quantitative estimate of drug-likeness (QED) is 0.784. The molecule has 0 atom stereocenters. The number of ether oxygens (including phenoxy) is 3. The molecule has 8 nitrogen and oxygen atoms in total. The van der Waals surface area contributed by atoms with Gasteiger partial charge in [-0.25, -0.2) is 4.68 Å². The lowest BCUT2D eigenvalue weighted by molar-refractivity contribution is 0.0494. The Morgan fingerprint density at radius 1 is 1.08 bits per heavy atom. The molecule has 1 aliphatic carbocycles. The molecule has 2 aliphatic rings. The third-order valence-corrected chi connectivity index (χ3v) is 4.98. The Labute approximate surface area is 151 Å². The van der Waals surface area contributed by atoms with Crippen LogP contribution in [0.15, 0.2) is 18.3 Å². The second kappa shape index (κ2) is 6.51. The number of benzene rings is 1. The van der Waals surface area contributed by atoms with Crippen molar-refractivity contribution in [3.8, 4) is 17.2 Å². The first-order valence-electron chi connectivity index (χ1n) is 8.66. The number of nitrogens with zero attached hydrogens (tertiary/aromatic N) is 4. The van der Waals surface area contributed by atoms with Crippen molar-refractivity contribution < 1.29 is 19.0 Å². The number of methoxy groups -OCH3 is 3. The summed E-state index contributed by atoms with van der Waals surface area (Å²) in [6.07, 6.45) is 4.42. The van der Waals surface area contributed by atoms with Crippen LogP contribution in [0.1, 0.15) is 40.9 Å². The molecule has 0 N–H and O–H groups in total. The van der Waals surface area contributed by atoms with E-state index in [4.69, 9.17) is 14.2 Å². The SMILES string of the molecule is COc1ccc(C(=O)N2CC(n3cc(C4CC4)nn3)C2)c(OC)c1OC. The van der Waals surface area contributed by atoms with E-state index in [-0.39, 0.29) is 11.9 Å². The van der Waals surface area contributed by atoms with Gasteiger partial charge in [-0.3, -0.25) is 4.79 Å². The largest absolute Gasteiger partial charge is 0.493 e. The van der Waals surface area contributed by atoms with Crippen LogP contribution in [0, 0.1) is 0 Å². The highest BCUT2D eigenvalue weighted by atomic mass is 16.5. The van der Waals surface area contributed by atoms with Crippen LogP contribution in [0.2, 0.25) is 0 Å². The van der Waals surface area contributed by atoms with Gasteiger partial charge in [0.1, 0.15) is 0 Å². The van der Waals surface area contributed by atoms with Gasteiger partial charge in [0.2, 0.25) is 5.75 Å². The highest BCUT2D eigenvalue weighted by Crippen LogP contribution is 2.41. The minimum absolute atomic E-state index is 0.0958. The van der Waals surface area contributed by atoms with E-state index in [1.54, 1.807) is 24.1 Å². The monoisotopic (exact) mass is 358 g/mol. The van der Waals surface area contributed by atoms with Crippen LogP contribution < -0.4 is 14.2 Å². The third kappa shape index (κ3) is 2.75. The molecule has 2 aromatic rings. The minimum Gasteiger partial charge on any atom is -0.493 e. The van der Waals surface area contributed by atoms with E-state index in [1.165, 1.54) is 27.1 Å². The molecule has 8 heteroatoms. The summed E-state index contributed by atoms with van der Waals surface area (Å²) in [5, 5.41) is 8.45. The molecular weight excluding hydrogens is 336 g/mol. The van der Waals surface area contributed by atoms with Crippen LogP contribution in [0.25, 0.3) is 0 Å². The van der Waals surface area contributed by atoms with Gasteiger partial charge in [-0.15, -0.1) is 5.10 Å². The molecule has 4 rings (SSSR count). The van der Waals surface area contributed by atoms with Crippen molar-refractivity contribution in [1.82, 2.24) is 19.9 Å². The Morgan fingerprint density at radius 3 is 2.42 bits per heavy atom. The van der Waals surface area contributed by atoms with E-state index in [1.807, 2.05) is 10.9 Å². The first-order chi connectivity index (χ1) is 12.7. The van der Waals surface area contributed by atoms with Crippen LogP contribution in [0.5, 0.6) is 17.2 Å². The highest BCUT2D eigenvalue weighted by molar-refractivity contribution is 5.98. The molecule has 1 aliphatic heterocycles. The maximum absolute atomic E-state index is 12.9. The maximum atomic E-state index is 12.9. The van der Waals surface area contributed by atoms with E-state index in [0.717, 1.165) is 5.69 Å². The fraction of sp³-hybridized carbons (Fsp3) is 0.500. The van der Waals surface area contributed by atoms with Crippen LogP contribution in [-0.2, 0) is 0 Å². The molecule has 0 bridgehead atoms. The zero-order valence-corrected chi connectivity index (χ0v) is 15.1. The molecule has 0 radical (unpaired) electrons. The summed E-state index contributed by atoms with van der Waals surface area (Å²) in [5.74, 6) is 1.82. The predicted molar refractivity (Wildman–Crippen MR) is 93.0 cm³/mol. The molecule has 1 aromatic carbocycles. The topological polar surface area (TPSA) is 78.7 Å². The van der Waals surface area contributed by atoms with Crippen molar-refractivity contribution in [2.45, 2.75) is 24.8 Å². The van der Waals surface area contributed by atoms with Crippen LogP contribution in [0.3, 0.4) is 0 Å². The van der Waals surface area contributed by atoms with Gasteiger partial charge in [0, 0.05) is 25.2 Å². The van der Waals surface area contributed by atoms with Crippen molar-refractivity contribution in [2.24, 2.45) is 0 Å². The van der Waals surface area contributed by atoms with Crippen LogP contribution >= 0.6 is 0 Å². The summed E-state index contributed by atoms with van der Waals surface area (Å²) in [6.45, 7) is 1.20.